The lowest BCUT2D eigenvalue weighted by molar-refractivity contribution is 0.244. The Bertz CT molecular complexity index is 1010. The normalized spacial score (nSPS) is 16.6. The summed E-state index contributed by atoms with van der Waals surface area (Å²) in [7, 11) is 4.96. The minimum Gasteiger partial charge on any atom is -0.497 e. The number of aryl methyl sites for hydroxylation is 1. The van der Waals surface area contributed by atoms with Gasteiger partial charge in [-0.2, -0.15) is 0 Å². The Balaban J connectivity index is 1.60. The van der Waals surface area contributed by atoms with Gasteiger partial charge in [0.15, 0.2) is 11.5 Å². The third-order valence-electron chi connectivity index (χ3n) is 5.72. The van der Waals surface area contributed by atoms with Gasteiger partial charge in [0.05, 0.1) is 32.6 Å². The largest absolute Gasteiger partial charge is 0.497 e. The molecule has 3 aromatic rings. The van der Waals surface area contributed by atoms with Crippen molar-refractivity contribution in [3.8, 4) is 28.7 Å². The van der Waals surface area contributed by atoms with Crippen LogP contribution in [0.2, 0.25) is 0 Å². The van der Waals surface area contributed by atoms with Gasteiger partial charge in [0, 0.05) is 12.6 Å². The van der Waals surface area contributed by atoms with Crippen molar-refractivity contribution in [1.29, 1.82) is 0 Å². The van der Waals surface area contributed by atoms with Crippen LogP contribution in [0.4, 0.5) is 0 Å². The van der Waals surface area contributed by atoms with Crippen molar-refractivity contribution in [2.75, 3.05) is 27.9 Å². The fourth-order valence-electron chi connectivity index (χ4n) is 4.18. The molecule has 0 bridgehead atoms. The maximum absolute atomic E-state index is 6.04. The maximum Gasteiger partial charge on any atom is 0.230 e. The molecular weight excluding hydrogens is 380 g/mol. The minimum absolute atomic E-state index is 0.353. The molecule has 2 heterocycles. The van der Waals surface area contributed by atoms with Crippen LogP contribution >= 0.6 is 0 Å². The third kappa shape index (κ3) is 3.87. The van der Waals surface area contributed by atoms with E-state index in [0.717, 1.165) is 48.7 Å². The van der Waals surface area contributed by atoms with Crippen LogP contribution in [0.5, 0.6) is 17.2 Å². The molecule has 30 heavy (non-hydrogen) atoms. The molecule has 0 N–H and O–H groups in total. The van der Waals surface area contributed by atoms with Crippen molar-refractivity contribution in [1.82, 2.24) is 9.88 Å². The quantitative estimate of drug-likeness (QED) is 0.548. The van der Waals surface area contributed by atoms with Crippen LogP contribution in [-0.2, 0) is 6.54 Å². The van der Waals surface area contributed by atoms with Gasteiger partial charge in [-0.25, -0.2) is 4.98 Å². The van der Waals surface area contributed by atoms with E-state index in [-0.39, 0.29) is 0 Å². The highest BCUT2D eigenvalue weighted by Crippen LogP contribution is 2.39. The average molecular weight is 408 g/mol. The summed E-state index contributed by atoms with van der Waals surface area (Å²) in [5.74, 6) is 3.55. The van der Waals surface area contributed by atoms with Crippen molar-refractivity contribution in [2.45, 2.75) is 32.4 Å². The van der Waals surface area contributed by atoms with Crippen LogP contribution in [0.3, 0.4) is 0 Å². The van der Waals surface area contributed by atoms with E-state index in [4.69, 9.17) is 23.6 Å². The van der Waals surface area contributed by atoms with Crippen LogP contribution < -0.4 is 14.2 Å². The van der Waals surface area contributed by atoms with E-state index in [0.29, 0.717) is 23.4 Å². The van der Waals surface area contributed by atoms with Gasteiger partial charge in [-0.3, -0.25) is 4.90 Å². The van der Waals surface area contributed by atoms with Gasteiger partial charge in [-0.05, 0) is 56.1 Å². The topological polar surface area (TPSA) is 57.0 Å². The van der Waals surface area contributed by atoms with Crippen molar-refractivity contribution >= 4 is 0 Å². The molecule has 1 atom stereocenters. The number of para-hydroxylation sites is 1. The van der Waals surface area contributed by atoms with Crippen LogP contribution in [0.25, 0.3) is 11.5 Å². The SMILES string of the molecule is COc1cccc([C@@H]2CCCN2Cc2nc(-c3cccc(OC)c3OC)oc2C)c1. The minimum atomic E-state index is 0.353. The number of nitrogens with zero attached hydrogens (tertiary/aromatic N) is 2. The summed E-state index contributed by atoms with van der Waals surface area (Å²) in [6.45, 7) is 3.74. The van der Waals surface area contributed by atoms with Crippen LogP contribution in [0.1, 0.15) is 35.9 Å². The Hall–Kier alpha value is -2.99. The molecule has 1 saturated heterocycles. The summed E-state index contributed by atoms with van der Waals surface area (Å²) in [4.78, 5) is 7.29. The first-order valence-electron chi connectivity index (χ1n) is 10.2. The van der Waals surface area contributed by atoms with Gasteiger partial charge < -0.3 is 18.6 Å². The smallest absolute Gasteiger partial charge is 0.230 e. The molecule has 1 aromatic heterocycles. The molecule has 0 unspecified atom stereocenters. The molecule has 2 aromatic carbocycles. The zero-order chi connectivity index (χ0) is 21.1. The number of aromatic nitrogens is 1. The highest BCUT2D eigenvalue weighted by Gasteiger charge is 2.28. The molecule has 6 heteroatoms. The predicted molar refractivity (Wildman–Crippen MR) is 115 cm³/mol. The van der Waals surface area contributed by atoms with Gasteiger partial charge in [-0.1, -0.05) is 18.2 Å². The van der Waals surface area contributed by atoms with Gasteiger partial charge in [0.2, 0.25) is 5.89 Å². The summed E-state index contributed by atoms with van der Waals surface area (Å²) in [6, 6.07) is 14.4. The van der Waals surface area contributed by atoms with Crippen molar-refractivity contribution in [3.63, 3.8) is 0 Å². The number of rotatable bonds is 7. The molecule has 158 valence electrons. The second-order valence-corrected chi connectivity index (χ2v) is 7.47. The lowest BCUT2D eigenvalue weighted by Crippen LogP contribution is -2.23. The molecule has 1 aliphatic heterocycles. The lowest BCUT2D eigenvalue weighted by Gasteiger charge is -2.24. The second kappa shape index (κ2) is 8.79. The zero-order valence-corrected chi connectivity index (χ0v) is 18.0. The molecule has 0 saturated carbocycles. The monoisotopic (exact) mass is 408 g/mol. The number of hydrogen-bond acceptors (Lipinski definition) is 6. The average Bonchev–Trinajstić information content (AvgIpc) is 3.40. The van der Waals surface area contributed by atoms with Gasteiger partial charge in [-0.15, -0.1) is 0 Å². The Labute approximate surface area is 177 Å². The van der Waals surface area contributed by atoms with E-state index in [2.05, 4.69) is 23.1 Å². The van der Waals surface area contributed by atoms with Gasteiger partial charge in [0.1, 0.15) is 11.5 Å². The summed E-state index contributed by atoms with van der Waals surface area (Å²) in [5, 5.41) is 0. The Morgan fingerprint density at radius 3 is 2.67 bits per heavy atom. The van der Waals surface area contributed by atoms with Crippen molar-refractivity contribution in [2.24, 2.45) is 0 Å². The van der Waals surface area contributed by atoms with E-state index in [1.807, 2.05) is 31.2 Å². The number of benzene rings is 2. The molecule has 6 nitrogen and oxygen atoms in total. The number of methoxy groups -OCH3 is 3. The number of likely N-dealkylation sites (tertiary alicyclic amines) is 1. The first-order valence-corrected chi connectivity index (χ1v) is 10.2. The predicted octanol–water partition coefficient (Wildman–Crippen LogP) is 5.01. The van der Waals surface area contributed by atoms with E-state index < -0.39 is 0 Å². The van der Waals surface area contributed by atoms with E-state index in [1.165, 1.54) is 5.56 Å². The molecule has 1 fully saturated rings. The fraction of sp³-hybridized carbons (Fsp3) is 0.375. The highest BCUT2D eigenvalue weighted by atomic mass is 16.5. The first-order chi connectivity index (χ1) is 14.6. The lowest BCUT2D eigenvalue weighted by atomic mass is 10.0. The highest BCUT2D eigenvalue weighted by molar-refractivity contribution is 5.68. The third-order valence-corrected chi connectivity index (χ3v) is 5.72. The van der Waals surface area contributed by atoms with E-state index >= 15 is 0 Å². The van der Waals surface area contributed by atoms with Crippen LogP contribution in [0, 0.1) is 6.92 Å². The Morgan fingerprint density at radius 1 is 1.07 bits per heavy atom. The Kier molecular flexibility index (Phi) is 5.95. The summed E-state index contributed by atoms with van der Waals surface area (Å²) >= 11 is 0. The maximum atomic E-state index is 6.04. The van der Waals surface area contributed by atoms with Crippen LogP contribution in [-0.4, -0.2) is 37.8 Å². The summed E-state index contributed by atoms with van der Waals surface area (Å²) in [5.41, 5.74) is 3.02. The number of ether oxygens (including phenoxy) is 3. The molecule has 0 amide bonds. The fourth-order valence-corrected chi connectivity index (χ4v) is 4.18. The second-order valence-electron chi connectivity index (χ2n) is 7.47. The van der Waals surface area contributed by atoms with Crippen LogP contribution in [0.15, 0.2) is 46.9 Å². The summed E-state index contributed by atoms with van der Waals surface area (Å²) < 4.78 is 22.4. The molecule has 0 radical (unpaired) electrons. The molecular formula is C24H28N2O4. The standard InChI is InChI=1S/C24H28N2O4/c1-16-20(25-24(30-16)19-10-6-12-22(28-3)23(19)29-4)15-26-13-7-11-21(26)17-8-5-9-18(14-17)27-2/h5-6,8-10,12,14,21H,7,11,13,15H2,1-4H3/t21-/m0/s1. The first kappa shape index (κ1) is 20.3. The zero-order valence-electron chi connectivity index (χ0n) is 18.0. The number of oxazole rings is 1. The molecule has 0 aliphatic carbocycles. The van der Waals surface area contributed by atoms with E-state index in [1.54, 1.807) is 21.3 Å². The van der Waals surface area contributed by atoms with Crippen molar-refractivity contribution in [3.05, 3.63) is 59.5 Å². The van der Waals surface area contributed by atoms with E-state index in [9.17, 15) is 0 Å². The molecule has 4 rings (SSSR count). The summed E-state index contributed by atoms with van der Waals surface area (Å²) in [6.07, 6.45) is 2.29. The van der Waals surface area contributed by atoms with Crippen molar-refractivity contribution < 1.29 is 18.6 Å². The van der Waals surface area contributed by atoms with Gasteiger partial charge >= 0.3 is 0 Å². The molecule has 1 aliphatic rings. The number of hydrogen-bond donors (Lipinski definition) is 0. The van der Waals surface area contributed by atoms with Gasteiger partial charge in [0.25, 0.3) is 0 Å². The molecule has 0 spiro atoms. The Morgan fingerprint density at radius 2 is 1.90 bits per heavy atom.